The summed E-state index contributed by atoms with van der Waals surface area (Å²) in [5.41, 5.74) is 1.22. The van der Waals surface area contributed by atoms with Crippen molar-refractivity contribution in [1.29, 1.82) is 0 Å². The Morgan fingerprint density at radius 2 is 2.30 bits per heavy atom. The fraction of sp³-hybridized carbons (Fsp3) is 0.611. The van der Waals surface area contributed by atoms with Crippen molar-refractivity contribution in [2.24, 2.45) is 0 Å². The Bertz CT molecular complexity index is 491. The highest BCUT2D eigenvalue weighted by atomic mass is 16.5. The van der Waals surface area contributed by atoms with Crippen LogP contribution in [0, 0.1) is 0 Å². The van der Waals surface area contributed by atoms with Gasteiger partial charge in [0.1, 0.15) is 5.75 Å². The molecule has 0 aromatic heterocycles. The van der Waals surface area contributed by atoms with Gasteiger partial charge in [0, 0.05) is 25.7 Å². The van der Waals surface area contributed by atoms with Crippen molar-refractivity contribution in [3.63, 3.8) is 0 Å². The first-order valence-corrected chi connectivity index (χ1v) is 8.53. The van der Waals surface area contributed by atoms with Gasteiger partial charge in [0.05, 0.1) is 7.11 Å². The Hall–Kier alpha value is -1.75. The van der Waals surface area contributed by atoms with E-state index in [4.69, 9.17) is 9.84 Å². The highest BCUT2D eigenvalue weighted by molar-refractivity contribution is 5.74. The molecule has 0 radical (unpaired) electrons. The fourth-order valence-corrected chi connectivity index (χ4v) is 3.13. The van der Waals surface area contributed by atoms with Crippen LogP contribution in [0.25, 0.3) is 0 Å². The highest BCUT2D eigenvalue weighted by Gasteiger charge is 2.25. The number of nitrogens with zero attached hydrogens (tertiary/aromatic N) is 1. The second kappa shape index (κ2) is 9.40. The van der Waals surface area contributed by atoms with Crippen molar-refractivity contribution in [3.8, 4) is 5.75 Å². The van der Waals surface area contributed by atoms with Crippen LogP contribution in [-0.4, -0.2) is 48.9 Å². The Labute approximate surface area is 138 Å². The molecule has 1 unspecified atom stereocenters. The zero-order chi connectivity index (χ0) is 16.5. The number of methoxy groups -OCH3 is 1. The number of amides is 2. The predicted molar refractivity (Wildman–Crippen MR) is 90.8 cm³/mol. The van der Waals surface area contributed by atoms with Gasteiger partial charge in [-0.15, -0.1) is 0 Å². The Morgan fingerprint density at radius 3 is 3.09 bits per heavy atom. The molecule has 5 nitrogen and oxygen atoms in total. The molecule has 2 N–H and O–H groups in total. The molecule has 5 heteroatoms. The third-order valence-corrected chi connectivity index (χ3v) is 4.40. The van der Waals surface area contributed by atoms with Crippen LogP contribution >= 0.6 is 0 Å². The van der Waals surface area contributed by atoms with E-state index in [-0.39, 0.29) is 18.7 Å². The molecule has 1 aromatic rings. The summed E-state index contributed by atoms with van der Waals surface area (Å²) in [6, 6.07) is 8.22. The first-order chi connectivity index (χ1) is 11.2. The third kappa shape index (κ3) is 5.43. The molecule has 0 spiro atoms. The number of carbonyl (C=O) groups excluding carboxylic acids is 1. The van der Waals surface area contributed by atoms with Crippen LogP contribution in [0.4, 0.5) is 4.79 Å². The average Bonchev–Trinajstić information content (AvgIpc) is 2.59. The minimum Gasteiger partial charge on any atom is -0.497 e. The molecule has 128 valence electrons. The van der Waals surface area contributed by atoms with Crippen LogP contribution in [0.2, 0.25) is 0 Å². The molecular formula is C18H28N2O3. The number of benzene rings is 1. The summed E-state index contributed by atoms with van der Waals surface area (Å²) < 4.78 is 5.22. The standard InChI is InChI=1S/C18H28N2O3/c1-23-17-9-4-6-15(14-17)7-5-11-19-18(22)20-12-3-2-8-16(20)10-13-21/h4,6,9,14,16,21H,2-3,5,7-8,10-13H2,1H3,(H,19,22). The van der Waals surface area contributed by atoms with Gasteiger partial charge in [-0.3, -0.25) is 0 Å². The SMILES string of the molecule is COc1cccc(CCCNC(=O)N2CCCCC2CCO)c1. The first-order valence-electron chi connectivity index (χ1n) is 8.53. The Morgan fingerprint density at radius 1 is 1.43 bits per heavy atom. The number of likely N-dealkylation sites (tertiary alicyclic amines) is 1. The van der Waals surface area contributed by atoms with Gasteiger partial charge in [0.25, 0.3) is 0 Å². The molecule has 0 bridgehead atoms. The lowest BCUT2D eigenvalue weighted by molar-refractivity contribution is 0.132. The monoisotopic (exact) mass is 320 g/mol. The maximum absolute atomic E-state index is 12.3. The minimum atomic E-state index is 0.00814. The number of rotatable bonds is 7. The van der Waals surface area contributed by atoms with Crippen molar-refractivity contribution in [2.75, 3.05) is 26.8 Å². The highest BCUT2D eigenvalue weighted by Crippen LogP contribution is 2.19. The van der Waals surface area contributed by atoms with Gasteiger partial charge in [0.15, 0.2) is 0 Å². The number of hydrogen-bond acceptors (Lipinski definition) is 3. The lowest BCUT2D eigenvalue weighted by Crippen LogP contribution is -2.49. The van der Waals surface area contributed by atoms with Gasteiger partial charge in [-0.2, -0.15) is 0 Å². The molecule has 1 fully saturated rings. The lowest BCUT2D eigenvalue weighted by Gasteiger charge is -2.35. The second-order valence-corrected chi connectivity index (χ2v) is 6.04. The van der Waals surface area contributed by atoms with Crippen molar-refractivity contribution >= 4 is 6.03 Å². The van der Waals surface area contributed by atoms with Gasteiger partial charge in [-0.25, -0.2) is 4.79 Å². The van der Waals surface area contributed by atoms with E-state index in [2.05, 4.69) is 11.4 Å². The quantitative estimate of drug-likeness (QED) is 0.759. The van der Waals surface area contributed by atoms with E-state index in [1.807, 2.05) is 23.1 Å². The zero-order valence-corrected chi connectivity index (χ0v) is 14.0. The molecule has 0 aliphatic carbocycles. The smallest absolute Gasteiger partial charge is 0.317 e. The second-order valence-electron chi connectivity index (χ2n) is 6.04. The van der Waals surface area contributed by atoms with E-state index in [1.54, 1.807) is 7.11 Å². The van der Waals surface area contributed by atoms with Crippen LogP contribution in [0.15, 0.2) is 24.3 Å². The molecule has 2 rings (SSSR count). The summed E-state index contributed by atoms with van der Waals surface area (Å²) in [5, 5.41) is 12.1. The molecule has 2 amide bonds. The number of hydrogen-bond donors (Lipinski definition) is 2. The molecule has 1 aliphatic rings. The fourth-order valence-electron chi connectivity index (χ4n) is 3.13. The predicted octanol–water partition coefficient (Wildman–Crippen LogP) is 2.57. The zero-order valence-electron chi connectivity index (χ0n) is 14.0. The Balaban J connectivity index is 1.73. The van der Waals surface area contributed by atoms with Crippen LogP contribution < -0.4 is 10.1 Å². The molecule has 23 heavy (non-hydrogen) atoms. The summed E-state index contributed by atoms with van der Waals surface area (Å²) >= 11 is 0. The molecule has 1 aromatic carbocycles. The normalized spacial score (nSPS) is 17.8. The summed E-state index contributed by atoms with van der Waals surface area (Å²) in [6.45, 7) is 1.61. The van der Waals surface area contributed by atoms with Gasteiger partial charge in [-0.05, 0) is 56.2 Å². The number of ether oxygens (including phenoxy) is 1. The average molecular weight is 320 g/mol. The van der Waals surface area contributed by atoms with Crippen molar-refractivity contribution < 1.29 is 14.6 Å². The number of piperidine rings is 1. The van der Waals surface area contributed by atoms with E-state index >= 15 is 0 Å². The van der Waals surface area contributed by atoms with E-state index in [0.717, 1.165) is 44.4 Å². The van der Waals surface area contributed by atoms with Crippen molar-refractivity contribution in [3.05, 3.63) is 29.8 Å². The number of nitrogens with one attached hydrogen (secondary N) is 1. The maximum atomic E-state index is 12.3. The van der Waals surface area contributed by atoms with Gasteiger partial charge >= 0.3 is 6.03 Å². The van der Waals surface area contributed by atoms with E-state index in [9.17, 15) is 4.79 Å². The summed E-state index contributed by atoms with van der Waals surface area (Å²) in [4.78, 5) is 14.2. The topological polar surface area (TPSA) is 61.8 Å². The third-order valence-electron chi connectivity index (χ3n) is 4.40. The van der Waals surface area contributed by atoms with Crippen LogP contribution in [0.1, 0.15) is 37.7 Å². The van der Waals surface area contributed by atoms with Crippen molar-refractivity contribution in [1.82, 2.24) is 10.2 Å². The van der Waals surface area contributed by atoms with Crippen molar-refractivity contribution in [2.45, 2.75) is 44.6 Å². The van der Waals surface area contributed by atoms with Crippen LogP contribution in [-0.2, 0) is 6.42 Å². The van der Waals surface area contributed by atoms with E-state index < -0.39 is 0 Å². The molecular weight excluding hydrogens is 292 g/mol. The minimum absolute atomic E-state index is 0.00814. The number of aliphatic hydroxyl groups excluding tert-OH is 1. The van der Waals surface area contributed by atoms with Gasteiger partial charge in [0.2, 0.25) is 0 Å². The summed E-state index contributed by atoms with van der Waals surface area (Å²) in [5.74, 6) is 0.867. The lowest BCUT2D eigenvalue weighted by atomic mass is 10.0. The molecule has 1 heterocycles. The van der Waals surface area contributed by atoms with Gasteiger partial charge < -0.3 is 20.1 Å². The number of urea groups is 1. The first kappa shape index (κ1) is 17.6. The molecule has 1 atom stereocenters. The van der Waals surface area contributed by atoms with E-state index in [1.165, 1.54) is 5.56 Å². The van der Waals surface area contributed by atoms with E-state index in [0.29, 0.717) is 13.0 Å². The number of aryl methyl sites for hydroxylation is 1. The number of carbonyl (C=O) groups is 1. The number of aliphatic hydroxyl groups is 1. The van der Waals surface area contributed by atoms with Crippen LogP contribution in [0.3, 0.4) is 0 Å². The maximum Gasteiger partial charge on any atom is 0.317 e. The van der Waals surface area contributed by atoms with Crippen LogP contribution in [0.5, 0.6) is 5.75 Å². The Kier molecular flexibility index (Phi) is 7.20. The molecule has 1 aliphatic heterocycles. The molecule has 0 saturated carbocycles. The van der Waals surface area contributed by atoms with Gasteiger partial charge in [-0.1, -0.05) is 12.1 Å². The molecule has 1 saturated heterocycles. The largest absolute Gasteiger partial charge is 0.497 e. The summed E-state index contributed by atoms with van der Waals surface area (Å²) in [7, 11) is 1.67. The summed E-state index contributed by atoms with van der Waals surface area (Å²) in [6.07, 6.45) is 5.69.